The largest absolute Gasteiger partial charge is 0.391 e. The zero-order chi connectivity index (χ0) is 25.5. The first-order valence-electron chi connectivity index (χ1n) is 12.6. The minimum Gasteiger partial charge on any atom is -0.391 e. The molecule has 37 heavy (non-hydrogen) atoms. The third kappa shape index (κ3) is 4.62. The van der Waals surface area contributed by atoms with E-state index in [-0.39, 0.29) is 18.1 Å². The number of piperazine rings is 1. The summed E-state index contributed by atoms with van der Waals surface area (Å²) >= 11 is 6.89. The third-order valence-corrected chi connectivity index (χ3v) is 7.79. The van der Waals surface area contributed by atoms with Gasteiger partial charge in [-0.2, -0.15) is 20.0 Å². The Morgan fingerprint density at radius 1 is 1.05 bits per heavy atom. The average molecular weight is 519 g/mol. The maximum Gasteiger partial charge on any atom is 0.247 e. The lowest BCUT2D eigenvalue weighted by atomic mass is 10.1. The van der Waals surface area contributed by atoms with Crippen LogP contribution in [-0.4, -0.2) is 74.0 Å². The first-order valence-corrected chi connectivity index (χ1v) is 13.0. The number of hydrogen-bond acceptors (Lipinski definition) is 10. The second kappa shape index (κ2) is 9.67. The van der Waals surface area contributed by atoms with Gasteiger partial charge in [0, 0.05) is 38.3 Å². The molecule has 2 aromatic heterocycles. The molecule has 3 N–H and O–H groups in total. The molecule has 190 valence electrons. The summed E-state index contributed by atoms with van der Waals surface area (Å²) < 4.78 is 1.46. The Morgan fingerprint density at radius 3 is 2.54 bits per heavy atom. The number of halogens is 1. The molecule has 0 radical (unpaired) electrons. The minimum atomic E-state index is -0.249. The van der Waals surface area contributed by atoms with Crippen molar-refractivity contribution in [2.45, 2.75) is 50.3 Å². The molecule has 2 saturated carbocycles. The molecule has 1 saturated heterocycles. The molecule has 0 spiro atoms. The van der Waals surface area contributed by atoms with E-state index in [9.17, 15) is 15.6 Å². The Labute approximate surface area is 219 Å². The van der Waals surface area contributed by atoms with E-state index < -0.39 is 0 Å². The highest BCUT2D eigenvalue weighted by Gasteiger charge is 2.33. The molecule has 1 aliphatic heterocycles. The number of aliphatic hydroxyl groups excluding tert-OH is 1. The predicted molar refractivity (Wildman–Crippen MR) is 139 cm³/mol. The van der Waals surface area contributed by atoms with E-state index in [1.807, 2.05) is 0 Å². The number of aromatic nitrogens is 4. The lowest BCUT2D eigenvalue weighted by Gasteiger charge is -2.40. The van der Waals surface area contributed by atoms with Gasteiger partial charge in [-0.3, -0.25) is 4.90 Å². The van der Waals surface area contributed by atoms with Gasteiger partial charge in [-0.15, -0.1) is 5.10 Å². The number of hydrogen-bond donors (Lipinski definition) is 3. The van der Waals surface area contributed by atoms with Crippen LogP contribution >= 0.6 is 11.6 Å². The highest BCUT2D eigenvalue weighted by molar-refractivity contribution is 6.36. The van der Waals surface area contributed by atoms with Crippen LogP contribution < -0.4 is 15.5 Å². The standard InChI is InChI=1S/C25H27ClN10O/c26-22-18(31-25-32-23(30-16-4-5-16)24-29-14-17(13-28)36(24)33-25)10-15(12-27)11-20(22)35-8-6-34(7-9-35)19-2-1-3-21(19)37/h10-11,14,16,19,21,37H,1-9H2,(H2,30,31,32,33)/t19-,21-/m0/s1. The van der Waals surface area contributed by atoms with Crippen LogP contribution in [0, 0.1) is 22.7 Å². The van der Waals surface area contributed by atoms with E-state index in [4.69, 9.17) is 11.6 Å². The van der Waals surface area contributed by atoms with E-state index in [1.54, 1.807) is 12.1 Å². The van der Waals surface area contributed by atoms with Gasteiger partial charge in [0.25, 0.3) is 0 Å². The van der Waals surface area contributed by atoms with Crippen molar-refractivity contribution in [3.05, 3.63) is 34.6 Å². The quantitative estimate of drug-likeness (QED) is 0.446. The fourth-order valence-electron chi connectivity index (χ4n) is 5.28. The number of imidazole rings is 1. The second-order valence-electron chi connectivity index (χ2n) is 9.88. The lowest BCUT2D eigenvalue weighted by molar-refractivity contribution is 0.0671. The van der Waals surface area contributed by atoms with Gasteiger partial charge in [0.2, 0.25) is 5.95 Å². The normalized spacial score (nSPS) is 22.1. The van der Waals surface area contributed by atoms with Gasteiger partial charge in [-0.1, -0.05) is 11.6 Å². The molecule has 3 aromatic rings. The summed E-state index contributed by atoms with van der Waals surface area (Å²) in [6.45, 7) is 3.14. The van der Waals surface area contributed by atoms with Crippen molar-refractivity contribution in [2.75, 3.05) is 41.7 Å². The Morgan fingerprint density at radius 2 is 1.86 bits per heavy atom. The Bertz CT molecular complexity index is 1410. The summed E-state index contributed by atoms with van der Waals surface area (Å²) in [5, 5.41) is 41.0. The van der Waals surface area contributed by atoms with Gasteiger partial charge in [-0.25, -0.2) is 4.98 Å². The van der Waals surface area contributed by atoms with Crippen LogP contribution in [0.4, 0.5) is 23.1 Å². The van der Waals surface area contributed by atoms with Crippen molar-refractivity contribution in [1.82, 2.24) is 24.5 Å². The zero-order valence-electron chi connectivity index (χ0n) is 20.2. The van der Waals surface area contributed by atoms with E-state index >= 15 is 0 Å². The van der Waals surface area contributed by atoms with Crippen LogP contribution in [0.15, 0.2) is 18.3 Å². The van der Waals surface area contributed by atoms with Crippen LogP contribution in [0.1, 0.15) is 43.4 Å². The van der Waals surface area contributed by atoms with Crippen molar-refractivity contribution >= 4 is 40.4 Å². The van der Waals surface area contributed by atoms with Crippen LogP contribution in [0.3, 0.4) is 0 Å². The van der Waals surface area contributed by atoms with Crippen LogP contribution in [0.25, 0.3) is 5.65 Å². The fraction of sp³-hybridized carbons (Fsp3) is 0.480. The summed E-state index contributed by atoms with van der Waals surface area (Å²) in [6.07, 6.45) is 6.30. The molecular formula is C25H27ClN10O. The SMILES string of the molecule is N#Cc1cc(Nc2nc(NC3CC3)c3ncc(C#N)n3n2)c(Cl)c(N2CCN([C@H]3CCC[C@@H]3O)CC2)c1. The maximum absolute atomic E-state index is 10.3. The second-order valence-corrected chi connectivity index (χ2v) is 10.3. The third-order valence-electron chi connectivity index (χ3n) is 7.39. The molecule has 2 atom stereocenters. The van der Waals surface area contributed by atoms with Crippen LogP contribution in [0.5, 0.6) is 0 Å². The van der Waals surface area contributed by atoms with Gasteiger partial charge in [0.15, 0.2) is 17.2 Å². The number of nitriles is 2. The van der Waals surface area contributed by atoms with E-state index in [2.05, 4.69) is 47.6 Å². The molecule has 3 aliphatic rings. The number of nitrogens with one attached hydrogen (secondary N) is 2. The molecule has 3 heterocycles. The lowest BCUT2D eigenvalue weighted by Crippen LogP contribution is -2.52. The average Bonchev–Trinajstić information content (AvgIpc) is 3.46. The van der Waals surface area contributed by atoms with E-state index in [0.29, 0.717) is 39.5 Å². The molecule has 1 aromatic carbocycles. The number of benzene rings is 1. The van der Waals surface area contributed by atoms with Crippen molar-refractivity contribution in [1.29, 1.82) is 10.5 Å². The van der Waals surface area contributed by atoms with Crippen molar-refractivity contribution < 1.29 is 5.11 Å². The minimum absolute atomic E-state index is 0.229. The summed E-state index contributed by atoms with van der Waals surface area (Å²) in [7, 11) is 0. The van der Waals surface area contributed by atoms with Crippen LogP contribution in [0.2, 0.25) is 5.02 Å². The Balaban J connectivity index is 1.28. The van der Waals surface area contributed by atoms with Crippen molar-refractivity contribution in [3.63, 3.8) is 0 Å². The van der Waals surface area contributed by atoms with Gasteiger partial charge in [-0.05, 0) is 44.2 Å². The van der Waals surface area contributed by atoms with E-state index in [0.717, 1.165) is 64.0 Å². The zero-order valence-corrected chi connectivity index (χ0v) is 21.0. The topological polar surface area (TPSA) is 141 Å². The van der Waals surface area contributed by atoms with Crippen LogP contribution in [-0.2, 0) is 0 Å². The molecule has 0 unspecified atom stereocenters. The first-order chi connectivity index (χ1) is 18.0. The summed E-state index contributed by atoms with van der Waals surface area (Å²) in [6, 6.07) is 8.38. The summed E-state index contributed by atoms with van der Waals surface area (Å²) in [5.41, 5.74) is 2.53. The van der Waals surface area contributed by atoms with Gasteiger partial charge >= 0.3 is 0 Å². The molecular weight excluding hydrogens is 492 g/mol. The van der Waals surface area contributed by atoms with Gasteiger partial charge < -0.3 is 20.6 Å². The molecule has 3 fully saturated rings. The van der Waals surface area contributed by atoms with Gasteiger partial charge in [0.05, 0.1) is 40.3 Å². The fourth-order valence-corrected chi connectivity index (χ4v) is 5.56. The summed E-state index contributed by atoms with van der Waals surface area (Å²) in [5.74, 6) is 0.785. The smallest absolute Gasteiger partial charge is 0.247 e. The Kier molecular flexibility index (Phi) is 6.21. The number of aliphatic hydroxyl groups is 1. The van der Waals surface area contributed by atoms with Crippen molar-refractivity contribution in [2.24, 2.45) is 0 Å². The highest BCUT2D eigenvalue weighted by Crippen LogP contribution is 2.37. The molecule has 2 aliphatic carbocycles. The number of fused-ring (bicyclic) bond motifs is 1. The number of rotatable bonds is 6. The predicted octanol–water partition coefficient (Wildman–Crippen LogP) is 2.87. The molecule has 0 amide bonds. The van der Waals surface area contributed by atoms with Gasteiger partial charge in [0.1, 0.15) is 6.07 Å². The van der Waals surface area contributed by atoms with Crippen molar-refractivity contribution in [3.8, 4) is 12.1 Å². The number of nitrogens with zero attached hydrogens (tertiary/aromatic N) is 8. The first kappa shape index (κ1) is 23.7. The van der Waals surface area contributed by atoms with E-state index in [1.165, 1.54) is 10.7 Å². The highest BCUT2D eigenvalue weighted by atomic mass is 35.5. The molecule has 6 rings (SSSR count). The number of anilines is 4. The molecule has 0 bridgehead atoms. The molecule has 11 nitrogen and oxygen atoms in total. The summed E-state index contributed by atoms with van der Waals surface area (Å²) in [4.78, 5) is 13.5. The molecule has 12 heteroatoms. The maximum atomic E-state index is 10.3. The monoisotopic (exact) mass is 518 g/mol. The Hall–Kier alpha value is -3.64.